The molecule has 22 heteroatoms. The van der Waals surface area contributed by atoms with Gasteiger partial charge in [0, 0.05) is 0 Å². The molecular formula is AlCaCl5O15. The second-order valence-corrected chi connectivity index (χ2v) is 2.83. The molecule has 0 radical (unpaired) electrons. The summed E-state index contributed by atoms with van der Waals surface area (Å²) in [6.45, 7) is 0. The largest absolute Gasteiger partial charge is 3.00 e. The molecule has 0 heterocycles. The topological polar surface area (TPSA) is 346 Å². The molecule has 0 aromatic carbocycles. The fourth-order valence-electron chi connectivity index (χ4n) is 0. The Bertz CT molecular complexity index is 86.5. The molecule has 130 valence electrons. The smallest absolute Gasteiger partial charge is 0.357 e. The van der Waals surface area contributed by atoms with Gasteiger partial charge in [0.1, 0.15) is 0 Å². The zero-order valence-electron chi connectivity index (χ0n) is 9.30. The predicted octanol–water partition coefficient (Wildman–Crippen LogP) is -18.6. The van der Waals surface area contributed by atoms with Gasteiger partial charge in [-0.25, -0.2) is 0 Å². The van der Waals surface area contributed by atoms with Crippen molar-refractivity contribution in [2.45, 2.75) is 0 Å². The van der Waals surface area contributed by atoms with E-state index in [9.17, 15) is 0 Å². The van der Waals surface area contributed by atoms with E-state index >= 15 is 0 Å². The van der Waals surface area contributed by atoms with Gasteiger partial charge in [-0.2, -0.15) is 0 Å². The van der Waals surface area contributed by atoms with Gasteiger partial charge in [0.2, 0.25) is 0 Å². The van der Waals surface area contributed by atoms with Crippen LogP contribution >= 0.6 is 0 Å². The second kappa shape index (κ2) is 38.9. The van der Waals surface area contributed by atoms with Crippen molar-refractivity contribution in [3.63, 3.8) is 0 Å². The van der Waals surface area contributed by atoms with Crippen LogP contribution in [0.25, 0.3) is 0 Å². The molecule has 0 amide bonds. The van der Waals surface area contributed by atoms with E-state index in [0.717, 1.165) is 0 Å². The van der Waals surface area contributed by atoms with Gasteiger partial charge in [0.05, 0.1) is 53.9 Å². The third-order valence-electron chi connectivity index (χ3n) is 0. The Kier molecular flexibility index (Phi) is 78.3. The number of hydrogen-bond acceptors (Lipinski definition) is 15. The number of rotatable bonds is 0. The summed E-state index contributed by atoms with van der Waals surface area (Å²) in [5, 5.41) is 0. The SMILES string of the molecule is [Al+3].[Ca+2].[O-][Cl+2]([O-])[O-].[O-][Cl+2]([O-])[O-].[O-][Cl+2]([O-])[O-].[O-][Cl+2]([O-])[O-].[O-][Cl+2]([O-])[O-]. The molecule has 0 rings (SSSR count). The molecule has 0 bridgehead atoms. The van der Waals surface area contributed by atoms with Crippen molar-refractivity contribution in [2.24, 2.45) is 0 Å². The fraction of sp³-hybridized carbons (Fsp3) is 0. The van der Waals surface area contributed by atoms with E-state index in [1.54, 1.807) is 0 Å². The zero-order chi connectivity index (χ0) is 17.9. The molecule has 15 nitrogen and oxygen atoms in total. The molecular weight excluding hydrogens is 484 g/mol. The Balaban J connectivity index is -0.0000000250. The van der Waals surface area contributed by atoms with E-state index in [2.05, 4.69) is 0 Å². The van der Waals surface area contributed by atoms with Crippen LogP contribution in [0.1, 0.15) is 0 Å². The maximum Gasteiger partial charge on any atom is 3.00 e. The monoisotopic (exact) mass is 482 g/mol. The van der Waals surface area contributed by atoms with Crippen molar-refractivity contribution >= 4 is 55.1 Å². The molecule has 0 aliphatic rings. The first-order chi connectivity index (χ1) is 8.66. The maximum atomic E-state index is 8.41. The molecule has 0 atom stereocenters. The molecule has 0 unspecified atom stereocenters. The van der Waals surface area contributed by atoms with Crippen molar-refractivity contribution in [3.8, 4) is 0 Å². The summed E-state index contributed by atoms with van der Waals surface area (Å²) in [4.78, 5) is 0. The van der Waals surface area contributed by atoms with Crippen LogP contribution in [0.5, 0.6) is 0 Å². The summed E-state index contributed by atoms with van der Waals surface area (Å²) >= 11 is 0. The van der Waals surface area contributed by atoms with Crippen LogP contribution in [0.15, 0.2) is 0 Å². The number of hydrogen-bond donors (Lipinski definition) is 0. The van der Waals surface area contributed by atoms with Gasteiger partial charge in [-0.1, -0.05) is 0 Å². The summed E-state index contributed by atoms with van der Waals surface area (Å²) in [6, 6.07) is 0. The minimum Gasteiger partial charge on any atom is -0.357 e. The standard InChI is InChI=1S/Al.Ca.5ClO3/c;;5*2-1(3)4/q+3;+2;5*-1. The van der Waals surface area contributed by atoms with Crippen molar-refractivity contribution in [2.75, 3.05) is 0 Å². The van der Waals surface area contributed by atoms with Gasteiger partial charge >= 0.3 is 55.1 Å². The Labute approximate surface area is 177 Å². The summed E-state index contributed by atoms with van der Waals surface area (Å²) in [7, 11) is -14.3. The van der Waals surface area contributed by atoms with Crippen molar-refractivity contribution in [1.82, 2.24) is 0 Å². The second-order valence-electron chi connectivity index (χ2n) is 0.945. The molecule has 0 saturated carbocycles. The van der Waals surface area contributed by atoms with Gasteiger partial charge in [0.25, 0.3) is 0 Å². The van der Waals surface area contributed by atoms with Gasteiger partial charge in [-0.15, -0.1) is 0 Å². The average molecular weight is 484 g/mol. The summed E-state index contributed by atoms with van der Waals surface area (Å²) in [6.07, 6.45) is 0. The molecule has 0 spiro atoms. The van der Waals surface area contributed by atoms with E-state index in [1.807, 2.05) is 0 Å². The third-order valence-corrected chi connectivity index (χ3v) is 0. The fourth-order valence-corrected chi connectivity index (χ4v) is 0. The minimum absolute atomic E-state index is 0. The summed E-state index contributed by atoms with van der Waals surface area (Å²) < 4.78 is 126. The molecule has 0 aliphatic heterocycles. The first kappa shape index (κ1) is 44.3. The van der Waals surface area contributed by atoms with Crippen molar-refractivity contribution < 1.29 is 124 Å². The van der Waals surface area contributed by atoms with Crippen LogP contribution in [0, 0.1) is 53.9 Å². The maximum absolute atomic E-state index is 8.41. The van der Waals surface area contributed by atoms with E-state index in [1.165, 1.54) is 0 Å². The van der Waals surface area contributed by atoms with Gasteiger partial charge in [-0.3, -0.25) is 0 Å². The van der Waals surface area contributed by atoms with Crippen LogP contribution < -0.4 is 69.9 Å². The molecule has 0 fully saturated rings. The Morgan fingerprint density at radius 1 is 0.273 bits per heavy atom. The summed E-state index contributed by atoms with van der Waals surface area (Å²) in [5.41, 5.74) is 0. The van der Waals surface area contributed by atoms with Gasteiger partial charge in [0.15, 0.2) is 0 Å². The van der Waals surface area contributed by atoms with Crippen molar-refractivity contribution in [1.29, 1.82) is 0 Å². The normalized spacial score (nSPS) is 8.18. The Morgan fingerprint density at radius 3 is 0.273 bits per heavy atom. The predicted molar refractivity (Wildman–Crippen MR) is 11.5 cm³/mol. The minimum atomic E-state index is -2.85. The molecule has 0 N–H and O–H groups in total. The van der Waals surface area contributed by atoms with Crippen LogP contribution in [0.4, 0.5) is 0 Å². The van der Waals surface area contributed by atoms with E-state index in [0.29, 0.717) is 0 Å². The first-order valence-corrected chi connectivity index (χ1v) is 6.94. The van der Waals surface area contributed by atoms with Crippen LogP contribution in [-0.2, 0) is 0 Å². The molecule has 22 heavy (non-hydrogen) atoms. The Hall–Kier alpha value is 2.64. The van der Waals surface area contributed by atoms with Gasteiger partial charge in [-0.05, 0) is 0 Å². The van der Waals surface area contributed by atoms with Crippen LogP contribution in [0.2, 0.25) is 0 Å². The van der Waals surface area contributed by atoms with E-state index in [-0.39, 0.29) is 55.1 Å². The molecule has 0 aliphatic carbocycles. The molecule has 0 saturated heterocycles. The Morgan fingerprint density at radius 2 is 0.273 bits per heavy atom. The molecule has 0 aromatic heterocycles. The quantitative estimate of drug-likeness (QED) is 0.288. The van der Waals surface area contributed by atoms with Crippen LogP contribution in [-0.4, -0.2) is 55.1 Å². The zero-order valence-corrected chi connectivity index (χ0v) is 16.4. The van der Waals surface area contributed by atoms with E-state index in [4.69, 9.17) is 69.9 Å². The average Bonchev–Trinajstić information content (AvgIpc) is 1.94. The van der Waals surface area contributed by atoms with E-state index < -0.39 is 53.9 Å². The first-order valence-electron chi connectivity index (χ1n) is 2.31. The van der Waals surface area contributed by atoms with Crippen molar-refractivity contribution in [3.05, 3.63) is 0 Å². The van der Waals surface area contributed by atoms with Crippen LogP contribution in [0.3, 0.4) is 0 Å². The number of halogens is 5. The molecule has 0 aromatic rings. The summed E-state index contributed by atoms with van der Waals surface area (Å²) in [5.74, 6) is 0. The third kappa shape index (κ3) is 1520. The van der Waals surface area contributed by atoms with Gasteiger partial charge < -0.3 is 69.9 Å².